The van der Waals surface area contributed by atoms with Crippen molar-refractivity contribution in [1.82, 2.24) is 21.3 Å². The first-order valence-electron chi connectivity index (χ1n) is 6.30. The third-order valence-corrected chi connectivity index (χ3v) is 3.29. The van der Waals surface area contributed by atoms with E-state index in [1.54, 1.807) is 0 Å². The van der Waals surface area contributed by atoms with Gasteiger partial charge >= 0.3 is 0 Å². The van der Waals surface area contributed by atoms with E-state index in [0.29, 0.717) is 5.78 Å². The lowest BCUT2D eigenvalue weighted by atomic mass is 10.00. The van der Waals surface area contributed by atoms with E-state index in [0.717, 1.165) is 52.1 Å². The van der Waals surface area contributed by atoms with Crippen molar-refractivity contribution in [2.45, 2.75) is 24.9 Å². The number of carbonyl (C=O) groups is 1. The maximum absolute atomic E-state index is 12.3. The fourth-order valence-electron chi connectivity index (χ4n) is 2.35. The molecule has 0 aromatic carbocycles. The molecule has 16 heavy (non-hydrogen) atoms. The van der Waals surface area contributed by atoms with Gasteiger partial charge in [0.2, 0.25) is 0 Å². The highest BCUT2D eigenvalue weighted by atomic mass is 16.1. The minimum absolute atomic E-state index is 0.0330. The maximum Gasteiger partial charge on any atom is 0.166 e. The molecule has 4 N–H and O–H groups in total. The van der Waals surface area contributed by atoms with Crippen LogP contribution in [0.4, 0.5) is 0 Å². The molecule has 5 heteroatoms. The van der Waals surface area contributed by atoms with Gasteiger partial charge < -0.3 is 21.3 Å². The van der Waals surface area contributed by atoms with Crippen LogP contribution in [0.1, 0.15) is 12.8 Å². The normalized spacial score (nSPS) is 32.8. The average Bonchev–Trinajstić information content (AvgIpc) is 2.73. The van der Waals surface area contributed by atoms with Crippen LogP contribution >= 0.6 is 0 Å². The van der Waals surface area contributed by atoms with Crippen LogP contribution in [0.15, 0.2) is 0 Å². The largest absolute Gasteiger partial charge is 0.315 e. The van der Waals surface area contributed by atoms with Gasteiger partial charge in [-0.05, 0) is 25.9 Å². The van der Waals surface area contributed by atoms with Gasteiger partial charge in [-0.25, -0.2) is 0 Å². The van der Waals surface area contributed by atoms with Crippen LogP contribution in [0.2, 0.25) is 0 Å². The molecule has 2 aliphatic heterocycles. The summed E-state index contributed by atoms with van der Waals surface area (Å²) in [4.78, 5) is 12.3. The minimum Gasteiger partial charge on any atom is -0.315 e. The topological polar surface area (TPSA) is 65.2 Å². The highest BCUT2D eigenvalue weighted by Crippen LogP contribution is 2.04. The molecule has 2 unspecified atom stereocenters. The van der Waals surface area contributed by atoms with Gasteiger partial charge in [-0.15, -0.1) is 0 Å². The zero-order valence-electron chi connectivity index (χ0n) is 9.72. The Kier molecular flexibility index (Phi) is 4.71. The van der Waals surface area contributed by atoms with Crippen molar-refractivity contribution in [2.24, 2.45) is 0 Å². The van der Waals surface area contributed by atoms with Crippen LogP contribution in [0.5, 0.6) is 0 Å². The molecule has 5 nitrogen and oxygen atoms in total. The number of hydrogen-bond acceptors (Lipinski definition) is 5. The van der Waals surface area contributed by atoms with Gasteiger partial charge in [0.25, 0.3) is 0 Å². The van der Waals surface area contributed by atoms with Crippen LogP contribution in [0.25, 0.3) is 0 Å². The van der Waals surface area contributed by atoms with Crippen molar-refractivity contribution in [3.8, 4) is 0 Å². The predicted molar refractivity (Wildman–Crippen MR) is 63.6 cm³/mol. The lowest BCUT2D eigenvalue weighted by Crippen LogP contribution is -2.48. The Labute approximate surface area is 96.7 Å². The van der Waals surface area contributed by atoms with Crippen molar-refractivity contribution in [2.75, 3.05) is 39.3 Å². The fraction of sp³-hybridized carbons (Fsp3) is 0.909. The highest BCUT2D eigenvalue weighted by molar-refractivity contribution is 5.89. The molecule has 0 radical (unpaired) electrons. The predicted octanol–water partition coefficient (Wildman–Crippen LogP) is -1.54. The third kappa shape index (κ3) is 3.25. The summed E-state index contributed by atoms with van der Waals surface area (Å²) >= 11 is 0. The van der Waals surface area contributed by atoms with Crippen molar-refractivity contribution in [1.29, 1.82) is 0 Å². The monoisotopic (exact) mass is 226 g/mol. The number of rotatable bonds is 2. The Bertz CT molecular complexity index is 196. The van der Waals surface area contributed by atoms with Crippen LogP contribution in [-0.4, -0.2) is 57.1 Å². The Morgan fingerprint density at radius 1 is 0.750 bits per heavy atom. The number of carbonyl (C=O) groups excluding carboxylic acids is 1. The van der Waals surface area contributed by atoms with Crippen molar-refractivity contribution >= 4 is 5.78 Å². The molecule has 0 aromatic heterocycles. The molecular formula is C11H22N4O. The van der Waals surface area contributed by atoms with Crippen molar-refractivity contribution in [3.63, 3.8) is 0 Å². The van der Waals surface area contributed by atoms with E-state index < -0.39 is 0 Å². The molecule has 2 saturated heterocycles. The van der Waals surface area contributed by atoms with E-state index in [4.69, 9.17) is 0 Å². The molecule has 0 saturated carbocycles. The molecule has 2 heterocycles. The molecule has 92 valence electrons. The first kappa shape index (κ1) is 12.0. The first-order chi connectivity index (χ1) is 7.88. The van der Waals surface area contributed by atoms with Gasteiger partial charge in [0.1, 0.15) is 0 Å². The molecule has 2 atom stereocenters. The molecule has 0 aliphatic carbocycles. The SMILES string of the molecule is O=C(C1CCNCCN1)C1CCNCCN1. The summed E-state index contributed by atoms with van der Waals surface area (Å²) in [7, 11) is 0. The molecule has 0 amide bonds. The van der Waals surface area contributed by atoms with E-state index >= 15 is 0 Å². The first-order valence-corrected chi connectivity index (χ1v) is 6.30. The third-order valence-electron chi connectivity index (χ3n) is 3.29. The molecule has 0 spiro atoms. The van der Waals surface area contributed by atoms with Gasteiger partial charge in [-0.2, -0.15) is 0 Å². The summed E-state index contributed by atoms with van der Waals surface area (Å²) in [5.41, 5.74) is 0. The fourth-order valence-corrected chi connectivity index (χ4v) is 2.35. The number of nitrogens with one attached hydrogen (secondary N) is 4. The standard InChI is InChI=1S/C11H22N4O/c16-11(9-1-3-12-5-7-14-9)10-2-4-13-6-8-15-10/h9-10,12-15H,1-8H2. The zero-order valence-corrected chi connectivity index (χ0v) is 9.72. The second-order valence-electron chi connectivity index (χ2n) is 4.49. The molecular weight excluding hydrogens is 204 g/mol. The van der Waals surface area contributed by atoms with E-state index in [9.17, 15) is 4.79 Å². The van der Waals surface area contributed by atoms with Crippen molar-refractivity contribution < 1.29 is 4.79 Å². The van der Waals surface area contributed by atoms with E-state index in [1.165, 1.54) is 0 Å². The van der Waals surface area contributed by atoms with E-state index in [-0.39, 0.29) is 12.1 Å². The van der Waals surface area contributed by atoms with E-state index in [2.05, 4.69) is 21.3 Å². The highest BCUT2D eigenvalue weighted by Gasteiger charge is 2.27. The Morgan fingerprint density at radius 2 is 1.25 bits per heavy atom. The molecule has 2 rings (SSSR count). The Morgan fingerprint density at radius 3 is 1.75 bits per heavy atom. The summed E-state index contributed by atoms with van der Waals surface area (Å²) in [6, 6.07) is 0.0659. The van der Waals surface area contributed by atoms with Crippen LogP contribution in [0, 0.1) is 0 Å². The Balaban J connectivity index is 1.88. The molecule has 2 fully saturated rings. The lowest BCUT2D eigenvalue weighted by molar-refractivity contribution is -0.123. The molecule has 0 bridgehead atoms. The summed E-state index contributed by atoms with van der Waals surface area (Å²) in [6.45, 7) is 5.58. The second kappa shape index (κ2) is 6.30. The van der Waals surface area contributed by atoms with Gasteiger partial charge in [0, 0.05) is 26.2 Å². The summed E-state index contributed by atoms with van der Waals surface area (Å²) in [6.07, 6.45) is 1.81. The second-order valence-corrected chi connectivity index (χ2v) is 4.49. The number of ketones is 1. The van der Waals surface area contributed by atoms with Gasteiger partial charge in [0.05, 0.1) is 12.1 Å². The van der Waals surface area contributed by atoms with Gasteiger partial charge in [-0.3, -0.25) is 4.79 Å². The summed E-state index contributed by atoms with van der Waals surface area (Å²) < 4.78 is 0. The van der Waals surface area contributed by atoms with Gasteiger partial charge in [-0.1, -0.05) is 0 Å². The molecule has 0 aromatic rings. The number of Topliss-reactive ketones (excluding diaryl/α,β-unsaturated/α-hetero) is 1. The van der Waals surface area contributed by atoms with E-state index in [1.807, 2.05) is 0 Å². The molecule has 2 aliphatic rings. The van der Waals surface area contributed by atoms with Crippen molar-refractivity contribution in [3.05, 3.63) is 0 Å². The van der Waals surface area contributed by atoms with Crippen LogP contribution in [0.3, 0.4) is 0 Å². The smallest absolute Gasteiger partial charge is 0.166 e. The zero-order chi connectivity index (χ0) is 11.2. The average molecular weight is 226 g/mol. The Hall–Kier alpha value is -0.490. The maximum atomic E-state index is 12.3. The summed E-state index contributed by atoms with van der Waals surface area (Å²) in [5.74, 6) is 0.340. The summed E-state index contributed by atoms with van der Waals surface area (Å²) in [5, 5.41) is 13.3. The minimum atomic E-state index is 0.0330. The number of hydrogen-bond donors (Lipinski definition) is 4. The van der Waals surface area contributed by atoms with Crippen LogP contribution < -0.4 is 21.3 Å². The quantitative estimate of drug-likeness (QED) is 0.459. The van der Waals surface area contributed by atoms with Crippen LogP contribution in [-0.2, 0) is 4.79 Å². The van der Waals surface area contributed by atoms with Gasteiger partial charge in [0.15, 0.2) is 5.78 Å². The lowest BCUT2D eigenvalue weighted by Gasteiger charge is -2.21.